The zero-order valence-electron chi connectivity index (χ0n) is 17.0. The molecule has 2 aromatic rings. The first kappa shape index (κ1) is 21.5. The van der Waals surface area contributed by atoms with Gasteiger partial charge in [0.25, 0.3) is 0 Å². The van der Waals surface area contributed by atoms with Gasteiger partial charge in [0, 0.05) is 23.6 Å². The number of rotatable bonds is 4. The topological polar surface area (TPSA) is 77.9 Å². The molecule has 3 atom stereocenters. The zero-order chi connectivity index (χ0) is 22.2. The standard InChI is InChI=1S/C23H23FN2O4S/c1-2-31(29,30)25-13-20-23(21(15-27)26(20)22(28)14-25)18-10-8-16(9-11-18)6-7-17-4-3-5-19(24)12-17/h3-5,8-12,20-21,23,27H,2,13-15H2,1H3/t20-,21+,23-/m0/s1. The van der Waals surface area contributed by atoms with E-state index in [-0.39, 0.29) is 55.2 Å². The molecular weight excluding hydrogens is 419 g/mol. The summed E-state index contributed by atoms with van der Waals surface area (Å²) in [7, 11) is -3.47. The Labute approximate surface area is 181 Å². The van der Waals surface area contributed by atoms with Gasteiger partial charge in [-0.3, -0.25) is 4.79 Å². The Kier molecular flexibility index (Phi) is 5.84. The predicted octanol–water partition coefficient (Wildman–Crippen LogP) is 1.55. The molecule has 31 heavy (non-hydrogen) atoms. The Morgan fingerprint density at radius 1 is 1.13 bits per heavy atom. The molecule has 2 aliphatic heterocycles. The third-order valence-electron chi connectivity index (χ3n) is 5.95. The van der Waals surface area contributed by atoms with Crippen LogP contribution >= 0.6 is 0 Å². The molecule has 1 N–H and O–H groups in total. The summed E-state index contributed by atoms with van der Waals surface area (Å²) in [6.45, 7) is 1.42. The third kappa shape index (κ3) is 4.09. The lowest BCUT2D eigenvalue weighted by Crippen LogP contribution is -2.73. The van der Waals surface area contributed by atoms with Gasteiger partial charge in [-0.2, -0.15) is 4.31 Å². The molecule has 2 fully saturated rings. The Hall–Kier alpha value is -2.73. The molecule has 0 aromatic heterocycles. The average Bonchev–Trinajstić information content (AvgIpc) is 2.74. The fourth-order valence-corrected chi connectivity index (χ4v) is 5.42. The van der Waals surface area contributed by atoms with Crippen molar-refractivity contribution < 1.29 is 22.7 Å². The van der Waals surface area contributed by atoms with E-state index in [0.717, 1.165) is 11.1 Å². The predicted molar refractivity (Wildman–Crippen MR) is 114 cm³/mol. The van der Waals surface area contributed by atoms with E-state index in [0.29, 0.717) is 5.56 Å². The van der Waals surface area contributed by atoms with Crippen LogP contribution in [-0.4, -0.2) is 66.2 Å². The van der Waals surface area contributed by atoms with E-state index in [1.54, 1.807) is 24.0 Å². The molecule has 6 nitrogen and oxygen atoms in total. The zero-order valence-corrected chi connectivity index (χ0v) is 17.8. The number of halogens is 1. The van der Waals surface area contributed by atoms with E-state index in [4.69, 9.17) is 0 Å². The first-order valence-electron chi connectivity index (χ1n) is 10.1. The number of aliphatic hydroxyl groups excluding tert-OH is 1. The van der Waals surface area contributed by atoms with Gasteiger partial charge in [0.05, 0.1) is 31.0 Å². The molecule has 2 heterocycles. The van der Waals surface area contributed by atoms with Gasteiger partial charge in [0.15, 0.2) is 0 Å². The molecular formula is C23H23FN2O4S. The lowest BCUT2D eigenvalue weighted by Gasteiger charge is -2.58. The van der Waals surface area contributed by atoms with Crippen LogP contribution in [0.15, 0.2) is 48.5 Å². The van der Waals surface area contributed by atoms with Crippen molar-refractivity contribution in [3.63, 3.8) is 0 Å². The SMILES string of the molecule is CCS(=O)(=O)N1CC(=O)N2[C@H](CO)[C@@H](c3ccc(C#Cc4cccc(F)c4)cc3)[C@@H]2C1. The van der Waals surface area contributed by atoms with E-state index >= 15 is 0 Å². The van der Waals surface area contributed by atoms with Crippen LogP contribution in [0.1, 0.15) is 29.5 Å². The molecule has 0 unspecified atom stereocenters. The maximum Gasteiger partial charge on any atom is 0.238 e. The van der Waals surface area contributed by atoms with Gasteiger partial charge >= 0.3 is 0 Å². The number of carbonyl (C=O) groups excluding carboxylic acids is 1. The van der Waals surface area contributed by atoms with Crippen molar-refractivity contribution >= 4 is 15.9 Å². The van der Waals surface area contributed by atoms with Crippen molar-refractivity contribution in [2.45, 2.75) is 24.9 Å². The van der Waals surface area contributed by atoms with Gasteiger partial charge in [-0.25, -0.2) is 12.8 Å². The molecule has 0 saturated carbocycles. The van der Waals surface area contributed by atoms with Gasteiger partial charge in [0.2, 0.25) is 15.9 Å². The Bertz CT molecular complexity index is 1150. The van der Waals surface area contributed by atoms with Gasteiger partial charge in [-0.05, 0) is 42.8 Å². The molecule has 162 valence electrons. The summed E-state index contributed by atoms with van der Waals surface area (Å²) >= 11 is 0. The first-order valence-corrected chi connectivity index (χ1v) is 11.7. The number of sulfonamides is 1. The van der Waals surface area contributed by atoms with Crippen molar-refractivity contribution in [1.29, 1.82) is 0 Å². The molecule has 0 spiro atoms. The minimum Gasteiger partial charge on any atom is -0.394 e. The smallest absolute Gasteiger partial charge is 0.238 e. The Morgan fingerprint density at radius 3 is 2.48 bits per heavy atom. The Morgan fingerprint density at radius 2 is 1.84 bits per heavy atom. The summed E-state index contributed by atoms with van der Waals surface area (Å²) in [6, 6.07) is 12.8. The van der Waals surface area contributed by atoms with Crippen LogP contribution < -0.4 is 0 Å². The van der Waals surface area contributed by atoms with Gasteiger partial charge in [-0.1, -0.05) is 30.0 Å². The number of carbonyl (C=O) groups is 1. The van der Waals surface area contributed by atoms with E-state index in [2.05, 4.69) is 11.8 Å². The summed E-state index contributed by atoms with van der Waals surface area (Å²) in [6.07, 6.45) is 0. The number of aliphatic hydroxyl groups is 1. The molecule has 8 heteroatoms. The van der Waals surface area contributed by atoms with Gasteiger partial charge < -0.3 is 10.0 Å². The summed E-state index contributed by atoms with van der Waals surface area (Å²) in [5, 5.41) is 9.85. The van der Waals surface area contributed by atoms with E-state index < -0.39 is 10.0 Å². The highest BCUT2D eigenvalue weighted by Gasteiger charge is 2.55. The Balaban J connectivity index is 1.55. The lowest BCUT2D eigenvalue weighted by atomic mass is 9.74. The molecule has 0 aliphatic carbocycles. The number of amides is 1. The maximum atomic E-state index is 13.3. The second-order valence-corrected chi connectivity index (χ2v) is 9.98. The fourth-order valence-electron chi connectivity index (χ4n) is 4.36. The number of hydrogen-bond acceptors (Lipinski definition) is 4. The molecule has 2 aliphatic rings. The maximum absolute atomic E-state index is 13.3. The number of hydrogen-bond donors (Lipinski definition) is 1. The van der Waals surface area contributed by atoms with Crippen LogP contribution in [0.3, 0.4) is 0 Å². The number of piperazine rings is 1. The number of fused-ring (bicyclic) bond motifs is 1. The van der Waals surface area contributed by atoms with Crippen molar-refractivity contribution in [1.82, 2.24) is 9.21 Å². The van der Waals surface area contributed by atoms with Gasteiger partial charge in [0.1, 0.15) is 5.82 Å². The number of benzene rings is 2. The van der Waals surface area contributed by atoms with E-state index in [9.17, 15) is 22.7 Å². The summed E-state index contributed by atoms with van der Waals surface area (Å²) in [4.78, 5) is 14.2. The summed E-state index contributed by atoms with van der Waals surface area (Å²) < 4.78 is 39.1. The molecule has 1 amide bonds. The van der Waals surface area contributed by atoms with Crippen molar-refractivity contribution in [2.24, 2.45) is 0 Å². The largest absolute Gasteiger partial charge is 0.394 e. The van der Waals surface area contributed by atoms with Gasteiger partial charge in [-0.15, -0.1) is 0 Å². The fraction of sp³-hybridized carbons (Fsp3) is 0.348. The minimum absolute atomic E-state index is 0.0558. The molecule has 2 aromatic carbocycles. The van der Waals surface area contributed by atoms with Crippen molar-refractivity contribution in [3.05, 3.63) is 71.0 Å². The van der Waals surface area contributed by atoms with Crippen molar-refractivity contribution in [3.8, 4) is 11.8 Å². The van der Waals surface area contributed by atoms with Crippen LogP contribution in [-0.2, 0) is 14.8 Å². The number of nitrogens with zero attached hydrogens (tertiary/aromatic N) is 2. The highest BCUT2D eigenvalue weighted by Crippen LogP contribution is 2.43. The second kappa shape index (κ2) is 8.42. The molecule has 0 bridgehead atoms. The highest BCUT2D eigenvalue weighted by atomic mass is 32.2. The summed E-state index contributed by atoms with van der Waals surface area (Å²) in [5.41, 5.74) is 2.25. The normalized spacial score (nSPS) is 23.5. The van der Waals surface area contributed by atoms with Crippen LogP contribution in [0, 0.1) is 17.7 Å². The molecule has 4 rings (SSSR count). The van der Waals surface area contributed by atoms with Crippen LogP contribution in [0.5, 0.6) is 0 Å². The third-order valence-corrected chi connectivity index (χ3v) is 7.75. The second-order valence-electron chi connectivity index (χ2n) is 7.72. The van der Waals surface area contributed by atoms with E-state index in [1.165, 1.54) is 16.4 Å². The van der Waals surface area contributed by atoms with E-state index in [1.807, 2.05) is 24.3 Å². The molecule has 0 radical (unpaired) electrons. The van der Waals surface area contributed by atoms with Crippen LogP contribution in [0.2, 0.25) is 0 Å². The average molecular weight is 443 g/mol. The van der Waals surface area contributed by atoms with Crippen LogP contribution in [0.25, 0.3) is 0 Å². The highest BCUT2D eigenvalue weighted by molar-refractivity contribution is 7.89. The molecule has 2 saturated heterocycles. The van der Waals surface area contributed by atoms with Crippen LogP contribution in [0.4, 0.5) is 4.39 Å². The first-order chi connectivity index (χ1) is 14.8. The summed E-state index contributed by atoms with van der Waals surface area (Å²) in [5.74, 6) is 5.09. The monoisotopic (exact) mass is 442 g/mol. The lowest BCUT2D eigenvalue weighted by molar-refractivity contribution is -0.158. The van der Waals surface area contributed by atoms with Crippen molar-refractivity contribution in [2.75, 3.05) is 25.4 Å². The minimum atomic E-state index is -3.47. The quantitative estimate of drug-likeness (QED) is 0.729.